The number of cyclic esters (lactones) is 1. The van der Waals surface area contributed by atoms with Crippen molar-refractivity contribution in [2.75, 3.05) is 37.5 Å². The molecule has 2 aliphatic heterocycles. The molecule has 0 aromatic heterocycles. The number of fused-ring (bicyclic) bond motifs is 1. The minimum Gasteiger partial charge on any atom is -0.486 e. The van der Waals surface area contributed by atoms with Crippen LogP contribution >= 0.6 is 0 Å². The van der Waals surface area contributed by atoms with Crippen molar-refractivity contribution in [1.82, 2.24) is 0 Å². The van der Waals surface area contributed by atoms with Gasteiger partial charge in [-0.2, -0.15) is 8.42 Å². The van der Waals surface area contributed by atoms with E-state index in [1.165, 1.54) is 4.90 Å². The van der Waals surface area contributed by atoms with E-state index in [4.69, 9.17) is 14.2 Å². The van der Waals surface area contributed by atoms with E-state index < -0.39 is 22.3 Å². The summed E-state index contributed by atoms with van der Waals surface area (Å²) in [4.78, 5) is 13.5. The molecule has 0 radical (unpaired) electrons. The van der Waals surface area contributed by atoms with Gasteiger partial charge in [0.05, 0.1) is 25.1 Å². The molecular weight excluding hydrogens is 326 g/mol. The molecule has 0 saturated carbocycles. The molecule has 2 aliphatic rings. The van der Waals surface area contributed by atoms with Gasteiger partial charge in [0.1, 0.15) is 19.3 Å². The third-order valence-corrected chi connectivity index (χ3v) is 4.04. The summed E-state index contributed by atoms with van der Waals surface area (Å²) in [5.74, 6) is 1.23. The zero-order chi connectivity index (χ0) is 16.4. The van der Waals surface area contributed by atoms with Crippen LogP contribution in [-0.4, -0.2) is 53.2 Å². The Morgan fingerprint density at radius 1 is 1.26 bits per heavy atom. The van der Waals surface area contributed by atoms with E-state index in [0.717, 1.165) is 6.26 Å². The molecule has 2 heterocycles. The molecule has 1 aromatic carbocycles. The number of ether oxygens (including phenoxy) is 3. The average molecular weight is 343 g/mol. The van der Waals surface area contributed by atoms with Gasteiger partial charge in [-0.15, -0.1) is 0 Å². The van der Waals surface area contributed by atoms with Crippen molar-refractivity contribution in [1.29, 1.82) is 0 Å². The molecule has 9 heteroatoms. The Morgan fingerprint density at radius 2 is 2.00 bits per heavy atom. The van der Waals surface area contributed by atoms with E-state index in [9.17, 15) is 13.2 Å². The standard InChI is InChI=1S/C14H17NO7S/c1-23(17,18)21-5-4-11-9-15(14(16)22-11)10-2-3-12-13(8-10)20-7-6-19-12/h2-3,8,11H,4-7,9H2,1H3/t11-/m1/s1. The van der Waals surface area contributed by atoms with Crippen molar-refractivity contribution < 1.29 is 31.6 Å². The Kier molecular flexibility index (Phi) is 4.31. The van der Waals surface area contributed by atoms with Crippen molar-refractivity contribution in [2.45, 2.75) is 12.5 Å². The van der Waals surface area contributed by atoms with Crippen LogP contribution < -0.4 is 14.4 Å². The molecule has 8 nitrogen and oxygen atoms in total. The van der Waals surface area contributed by atoms with E-state index >= 15 is 0 Å². The predicted molar refractivity (Wildman–Crippen MR) is 80.5 cm³/mol. The number of carbonyl (C=O) groups excluding carboxylic acids is 1. The van der Waals surface area contributed by atoms with Crippen LogP contribution in [0.2, 0.25) is 0 Å². The fourth-order valence-electron chi connectivity index (χ4n) is 2.41. The van der Waals surface area contributed by atoms with Crippen molar-refractivity contribution in [2.24, 2.45) is 0 Å². The Labute approximate surface area is 134 Å². The number of anilines is 1. The molecule has 0 N–H and O–H groups in total. The van der Waals surface area contributed by atoms with Gasteiger partial charge in [-0.3, -0.25) is 9.08 Å². The second kappa shape index (κ2) is 6.25. The fourth-order valence-corrected chi connectivity index (χ4v) is 2.81. The number of amides is 1. The SMILES string of the molecule is CS(=O)(=O)OCC[C@@H]1CN(c2ccc3c(c2)OCCO3)C(=O)O1. The van der Waals surface area contributed by atoms with Gasteiger partial charge in [0.2, 0.25) is 0 Å². The second-order valence-corrected chi connectivity index (χ2v) is 6.90. The Balaban J connectivity index is 1.63. The average Bonchev–Trinajstić information content (AvgIpc) is 2.86. The Hall–Kier alpha value is -2.00. The summed E-state index contributed by atoms with van der Waals surface area (Å²) in [5.41, 5.74) is 0.644. The van der Waals surface area contributed by atoms with Crippen LogP contribution in [-0.2, 0) is 19.0 Å². The van der Waals surface area contributed by atoms with E-state index in [-0.39, 0.29) is 6.61 Å². The summed E-state index contributed by atoms with van der Waals surface area (Å²) in [5, 5.41) is 0. The van der Waals surface area contributed by atoms with E-state index in [0.29, 0.717) is 43.4 Å². The Bertz CT molecular complexity index is 703. The number of hydrogen-bond acceptors (Lipinski definition) is 7. The quantitative estimate of drug-likeness (QED) is 0.741. The smallest absolute Gasteiger partial charge is 0.414 e. The lowest BCUT2D eigenvalue weighted by Gasteiger charge is -2.21. The summed E-state index contributed by atoms with van der Waals surface area (Å²) in [6.07, 6.45) is 0.387. The van der Waals surface area contributed by atoms with Crippen LogP contribution in [0.4, 0.5) is 10.5 Å². The van der Waals surface area contributed by atoms with Crippen LogP contribution in [0.5, 0.6) is 11.5 Å². The summed E-state index contributed by atoms with van der Waals surface area (Å²) in [7, 11) is -3.49. The van der Waals surface area contributed by atoms with Crippen molar-refractivity contribution in [3.05, 3.63) is 18.2 Å². The number of hydrogen-bond donors (Lipinski definition) is 0. The molecule has 0 spiro atoms. The van der Waals surface area contributed by atoms with Crippen molar-refractivity contribution >= 4 is 21.9 Å². The predicted octanol–water partition coefficient (Wildman–Crippen LogP) is 1.15. The third kappa shape index (κ3) is 3.85. The summed E-state index contributed by atoms with van der Waals surface area (Å²) in [6.45, 7) is 1.27. The summed E-state index contributed by atoms with van der Waals surface area (Å²) < 4.78 is 42.7. The fraction of sp³-hybridized carbons (Fsp3) is 0.500. The van der Waals surface area contributed by atoms with Crippen molar-refractivity contribution in [3.8, 4) is 11.5 Å². The highest BCUT2D eigenvalue weighted by Crippen LogP contribution is 2.35. The highest BCUT2D eigenvalue weighted by atomic mass is 32.2. The largest absolute Gasteiger partial charge is 0.486 e. The molecule has 126 valence electrons. The first-order valence-electron chi connectivity index (χ1n) is 7.14. The highest BCUT2D eigenvalue weighted by molar-refractivity contribution is 7.85. The summed E-state index contributed by atoms with van der Waals surface area (Å²) in [6, 6.07) is 5.23. The second-order valence-electron chi connectivity index (χ2n) is 5.26. The zero-order valence-electron chi connectivity index (χ0n) is 12.6. The maximum absolute atomic E-state index is 12.0. The molecule has 3 rings (SSSR count). The number of benzene rings is 1. The first-order chi connectivity index (χ1) is 10.9. The normalized spacial score (nSPS) is 20.5. The van der Waals surface area contributed by atoms with Gasteiger partial charge in [-0.1, -0.05) is 0 Å². The minimum atomic E-state index is -3.49. The van der Waals surface area contributed by atoms with Gasteiger partial charge < -0.3 is 14.2 Å². The molecule has 1 amide bonds. The van der Waals surface area contributed by atoms with Gasteiger partial charge in [0.15, 0.2) is 11.5 Å². The van der Waals surface area contributed by atoms with E-state index in [1.54, 1.807) is 18.2 Å². The molecular formula is C14H17NO7S. The van der Waals surface area contributed by atoms with Gasteiger partial charge in [0, 0.05) is 12.5 Å². The lowest BCUT2D eigenvalue weighted by molar-refractivity contribution is 0.126. The van der Waals surface area contributed by atoms with Gasteiger partial charge in [-0.05, 0) is 12.1 Å². The number of nitrogens with zero attached hydrogens (tertiary/aromatic N) is 1. The maximum atomic E-state index is 12.0. The monoisotopic (exact) mass is 343 g/mol. The van der Waals surface area contributed by atoms with Crippen molar-refractivity contribution in [3.63, 3.8) is 0 Å². The molecule has 23 heavy (non-hydrogen) atoms. The van der Waals surface area contributed by atoms with E-state index in [1.807, 2.05) is 0 Å². The minimum absolute atomic E-state index is 0.0221. The van der Waals surface area contributed by atoms with Crippen LogP contribution in [0.3, 0.4) is 0 Å². The molecule has 0 bridgehead atoms. The molecule has 0 aliphatic carbocycles. The van der Waals surface area contributed by atoms with E-state index in [2.05, 4.69) is 4.18 Å². The van der Waals surface area contributed by atoms with Crippen LogP contribution in [0, 0.1) is 0 Å². The van der Waals surface area contributed by atoms with Crippen LogP contribution in [0.25, 0.3) is 0 Å². The molecule has 1 fully saturated rings. The highest BCUT2D eigenvalue weighted by Gasteiger charge is 2.33. The first kappa shape index (κ1) is 15.9. The summed E-state index contributed by atoms with van der Waals surface area (Å²) >= 11 is 0. The Morgan fingerprint density at radius 3 is 2.74 bits per heavy atom. The lowest BCUT2D eigenvalue weighted by atomic mass is 10.2. The maximum Gasteiger partial charge on any atom is 0.414 e. The molecule has 1 atom stereocenters. The number of carbonyl (C=O) groups is 1. The zero-order valence-corrected chi connectivity index (χ0v) is 13.4. The lowest BCUT2D eigenvalue weighted by Crippen LogP contribution is -2.25. The number of rotatable bonds is 5. The first-order valence-corrected chi connectivity index (χ1v) is 8.96. The molecule has 0 unspecified atom stereocenters. The third-order valence-electron chi connectivity index (χ3n) is 3.45. The van der Waals surface area contributed by atoms with Gasteiger partial charge in [0.25, 0.3) is 10.1 Å². The van der Waals surface area contributed by atoms with Crippen LogP contribution in [0.15, 0.2) is 18.2 Å². The molecule has 1 aromatic rings. The molecule has 1 saturated heterocycles. The van der Waals surface area contributed by atoms with Crippen LogP contribution in [0.1, 0.15) is 6.42 Å². The van der Waals surface area contributed by atoms with Gasteiger partial charge in [-0.25, -0.2) is 4.79 Å². The van der Waals surface area contributed by atoms with Gasteiger partial charge >= 0.3 is 6.09 Å². The topological polar surface area (TPSA) is 91.4 Å².